The molecule has 0 saturated carbocycles. The van der Waals surface area contributed by atoms with E-state index in [2.05, 4.69) is 10.3 Å². The van der Waals surface area contributed by atoms with Crippen LogP contribution in [0.1, 0.15) is 36.2 Å². The van der Waals surface area contributed by atoms with E-state index in [-0.39, 0.29) is 11.6 Å². The Hall–Kier alpha value is -2.21. The highest BCUT2D eigenvalue weighted by Gasteiger charge is 2.10. The van der Waals surface area contributed by atoms with Crippen LogP contribution in [-0.4, -0.2) is 22.0 Å². The molecule has 0 spiro atoms. The number of carboxylic acids is 1. The summed E-state index contributed by atoms with van der Waals surface area (Å²) < 4.78 is 0. The first kappa shape index (κ1) is 14.2. The highest BCUT2D eigenvalue weighted by atomic mass is 32.1. The number of carbonyl (C=O) groups is 2. The zero-order valence-electron chi connectivity index (χ0n) is 11.1. The van der Waals surface area contributed by atoms with Crippen LogP contribution in [0, 0.1) is 13.8 Å². The molecule has 0 aliphatic rings. The van der Waals surface area contributed by atoms with Crippen LogP contribution in [0.2, 0.25) is 0 Å². The zero-order chi connectivity index (χ0) is 14.7. The summed E-state index contributed by atoms with van der Waals surface area (Å²) in [5.74, 6) is -1.20. The van der Waals surface area contributed by atoms with Crippen molar-refractivity contribution in [1.29, 1.82) is 0 Å². The standard InChI is InChI=1S/C14H14N2O3S/c1-8-5-12(20-9(8)2)13(17)16-7-10-3-4-11(14(18)19)15-6-10/h3-6H,7H2,1-2H3,(H,16,17)(H,18,19). The fourth-order valence-electron chi connectivity index (χ4n) is 1.61. The van der Waals surface area contributed by atoms with Crippen LogP contribution < -0.4 is 5.32 Å². The largest absolute Gasteiger partial charge is 0.477 e. The van der Waals surface area contributed by atoms with Gasteiger partial charge in [0.1, 0.15) is 5.69 Å². The van der Waals surface area contributed by atoms with Gasteiger partial charge in [0.25, 0.3) is 5.91 Å². The minimum Gasteiger partial charge on any atom is -0.477 e. The van der Waals surface area contributed by atoms with Crippen LogP contribution in [0.25, 0.3) is 0 Å². The van der Waals surface area contributed by atoms with Gasteiger partial charge in [0.2, 0.25) is 0 Å². The molecule has 0 aromatic carbocycles. The second kappa shape index (κ2) is 5.83. The SMILES string of the molecule is Cc1cc(C(=O)NCc2ccc(C(=O)O)nc2)sc1C. The first-order chi connectivity index (χ1) is 9.47. The number of nitrogens with zero attached hydrogens (tertiary/aromatic N) is 1. The fourth-order valence-corrected chi connectivity index (χ4v) is 2.56. The number of aryl methyl sites for hydroxylation is 2. The molecule has 20 heavy (non-hydrogen) atoms. The van der Waals surface area contributed by atoms with E-state index in [0.717, 1.165) is 16.0 Å². The van der Waals surface area contributed by atoms with Crippen molar-refractivity contribution in [2.45, 2.75) is 20.4 Å². The van der Waals surface area contributed by atoms with Gasteiger partial charge in [-0.1, -0.05) is 6.07 Å². The normalized spacial score (nSPS) is 10.3. The molecule has 2 aromatic rings. The summed E-state index contributed by atoms with van der Waals surface area (Å²) in [6, 6.07) is 4.92. The van der Waals surface area contributed by atoms with E-state index in [9.17, 15) is 9.59 Å². The molecule has 0 bridgehead atoms. The first-order valence-electron chi connectivity index (χ1n) is 6.01. The van der Waals surface area contributed by atoms with Gasteiger partial charge in [0.05, 0.1) is 4.88 Å². The third-order valence-corrected chi connectivity index (χ3v) is 4.04. The van der Waals surface area contributed by atoms with Gasteiger partial charge in [-0.3, -0.25) is 4.79 Å². The molecule has 2 rings (SSSR count). The molecule has 0 fully saturated rings. The number of thiophene rings is 1. The Kier molecular flexibility index (Phi) is 4.14. The molecule has 0 unspecified atom stereocenters. The van der Waals surface area contributed by atoms with Crippen molar-refractivity contribution in [1.82, 2.24) is 10.3 Å². The summed E-state index contributed by atoms with van der Waals surface area (Å²) in [4.78, 5) is 28.2. The Morgan fingerprint density at radius 2 is 2.10 bits per heavy atom. The van der Waals surface area contributed by atoms with Crippen LogP contribution in [-0.2, 0) is 6.54 Å². The Bertz CT molecular complexity index is 627. The number of pyridine rings is 1. The summed E-state index contributed by atoms with van der Waals surface area (Å²) in [6.07, 6.45) is 1.45. The Balaban J connectivity index is 1.98. The Morgan fingerprint density at radius 3 is 2.60 bits per heavy atom. The molecule has 2 N–H and O–H groups in total. The fraction of sp³-hybridized carbons (Fsp3) is 0.214. The summed E-state index contributed by atoms with van der Waals surface area (Å²) in [5.41, 5.74) is 1.85. The molecule has 1 amide bonds. The maximum Gasteiger partial charge on any atom is 0.354 e. The number of hydrogen-bond acceptors (Lipinski definition) is 4. The summed E-state index contributed by atoms with van der Waals surface area (Å²) in [7, 11) is 0. The Labute approximate surface area is 120 Å². The summed E-state index contributed by atoms with van der Waals surface area (Å²) >= 11 is 1.46. The van der Waals surface area contributed by atoms with E-state index in [1.54, 1.807) is 6.07 Å². The topological polar surface area (TPSA) is 79.3 Å². The monoisotopic (exact) mass is 290 g/mol. The molecular weight excluding hydrogens is 276 g/mol. The minimum atomic E-state index is -1.06. The molecule has 104 valence electrons. The summed E-state index contributed by atoms with van der Waals surface area (Å²) in [5, 5.41) is 11.5. The number of rotatable bonds is 4. The lowest BCUT2D eigenvalue weighted by Gasteiger charge is -2.03. The molecular formula is C14H14N2O3S. The number of aromatic nitrogens is 1. The summed E-state index contributed by atoms with van der Waals surface area (Å²) in [6.45, 7) is 4.27. The van der Waals surface area contributed by atoms with E-state index in [1.807, 2.05) is 19.9 Å². The quantitative estimate of drug-likeness (QED) is 0.906. The number of carbonyl (C=O) groups excluding carboxylic acids is 1. The van der Waals surface area contributed by atoms with Crippen LogP contribution in [0.5, 0.6) is 0 Å². The van der Waals surface area contributed by atoms with Gasteiger partial charge >= 0.3 is 5.97 Å². The number of hydrogen-bond donors (Lipinski definition) is 2. The predicted octanol–water partition coefficient (Wildman–Crippen LogP) is 2.39. The minimum absolute atomic E-state index is 0.00965. The highest BCUT2D eigenvalue weighted by Crippen LogP contribution is 2.20. The molecule has 0 atom stereocenters. The number of aromatic carboxylic acids is 1. The second-order valence-electron chi connectivity index (χ2n) is 4.39. The van der Waals surface area contributed by atoms with Crippen molar-refractivity contribution in [3.63, 3.8) is 0 Å². The van der Waals surface area contributed by atoms with E-state index in [1.165, 1.54) is 23.6 Å². The van der Waals surface area contributed by atoms with E-state index in [4.69, 9.17) is 5.11 Å². The van der Waals surface area contributed by atoms with Crippen molar-refractivity contribution in [3.8, 4) is 0 Å². The van der Waals surface area contributed by atoms with Gasteiger partial charge in [0, 0.05) is 17.6 Å². The molecule has 0 radical (unpaired) electrons. The lowest BCUT2D eigenvalue weighted by atomic mass is 10.2. The van der Waals surface area contributed by atoms with Crippen molar-refractivity contribution in [2.24, 2.45) is 0 Å². The maximum atomic E-state index is 11.9. The number of nitrogens with one attached hydrogen (secondary N) is 1. The second-order valence-corrected chi connectivity index (χ2v) is 5.65. The van der Waals surface area contributed by atoms with E-state index < -0.39 is 5.97 Å². The molecule has 6 heteroatoms. The molecule has 2 aromatic heterocycles. The van der Waals surface area contributed by atoms with Crippen LogP contribution in [0.15, 0.2) is 24.4 Å². The van der Waals surface area contributed by atoms with Gasteiger partial charge in [-0.05, 0) is 37.1 Å². The van der Waals surface area contributed by atoms with Gasteiger partial charge in [-0.15, -0.1) is 11.3 Å². The smallest absolute Gasteiger partial charge is 0.354 e. The van der Waals surface area contributed by atoms with Crippen molar-refractivity contribution in [3.05, 3.63) is 51.0 Å². The van der Waals surface area contributed by atoms with E-state index in [0.29, 0.717) is 11.4 Å². The molecule has 0 aliphatic heterocycles. The average Bonchev–Trinajstić information content (AvgIpc) is 2.76. The number of amides is 1. The lowest BCUT2D eigenvalue weighted by molar-refractivity contribution is 0.0690. The average molecular weight is 290 g/mol. The molecule has 5 nitrogen and oxygen atoms in total. The van der Waals surface area contributed by atoms with Crippen molar-refractivity contribution < 1.29 is 14.7 Å². The van der Waals surface area contributed by atoms with Gasteiger partial charge in [0.15, 0.2) is 0 Å². The third-order valence-electron chi connectivity index (χ3n) is 2.89. The zero-order valence-corrected chi connectivity index (χ0v) is 12.0. The van der Waals surface area contributed by atoms with E-state index >= 15 is 0 Å². The predicted molar refractivity (Wildman–Crippen MR) is 76.2 cm³/mol. The Morgan fingerprint density at radius 1 is 1.35 bits per heavy atom. The van der Waals surface area contributed by atoms with Crippen LogP contribution in [0.3, 0.4) is 0 Å². The van der Waals surface area contributed by atoms with Gasteiger partial charge in [-0.25, -0.2) is 9.78 Å². The highest BCUT2D eigenvalue weighted by molar-refractivity contribution is 7.14. The molecule has 0 aliphatic carbocycles. The van der Waals surface area contributed by atoms with Crippen molar-refractivity contribution in [2.75, 3.05) is 0 Å². The number of carboxylic acid groups (broad SMARTS) is 1. The molecule has 0 saturated heterocycles. The van der Waals surface area contributed by atoms with Gasteiger partial charge in [-0.2, -0.15) is 0 Å². The first-order valence-corrected chi connectivity index (χ1v) is 6.82. The van der Waals surface area contributed by atoms with Crippen LogP contribution >= 0.6 is 11.3 Å². The van der Waals surface area contributed by atoms with Gasteiger partial charge < -0.3 is 10.4 Å². The van der Waals surface area contributed by atoms with Crippen molar-refractivity contribution >= 4 is 23.2 Å². The maximum absolute atomic E-state index is 11.9. The van der Waals surface area contributed by atoms with Crippen LogP contribution in [0.4, 0.5) is 0 Å². The lowest BCUT2D eigenvalue weighted by Crippen LogP contribution is -2.22. The molecule has 2 heterocycles. The third kappa shape index (κ3) is 3.21.